The minimum absolute atomic E-state index is 0.0581. The van der Waals surface area contributed by atoms with E-state index in [1.165, 1.54) is 35.8 Å². The fourth-order valence-corrected chi connectivity index (χ4v) is 2.57. The first-order chi connectivity index (χ1) is 13.5. The smallest absolute Gasteiger partial charge is 0.434 e. The van der Waals surface area contributed by atoms with Gasteiger partial charge in [0, 0.05) is 18.9 Å². The summed E-state index contributed by atoms with van der Waals surface area (Å²) in [6.07, 6.45) is -9.74. The molecule has 1 aromatic carbocycles. The summed E-state index contributed by atoms with van der Waals surface area (Å²) < 4.78 is 91.8. The van der Waals surface area contributed by atoms with E-state index in [9.17, 15) is 31.1 Å². The average Bonchev–Trinajstić information content (AvgIpc) is 3.11. The molecule has 0 radical (unpaired) electrons. The molecule has 0 atom stereocenters. The van der Waals surface area contributed by atoms with Crippen LogP contribution in [0.1, 0.15) is 15.9 Å². The van der Waals surface area contributed by atoms with Crippen molar-refractivity contribution in [1.29, 1.82) is 0 Å². The van der Waals surface area contributed by atoms with E-state index in [4.69, 9.17) is 9.47 Å². The van der Waals surface area contributed by atoms with Crippen LogP contribution < -0.4 is 20.1 Å². The van der Waals surface area contributed by atoms with E-state index in [2.05, 4.69) is 4.98 Å². The molecule has 12 heteroatoms. The number of aromatic nitrogens is 1. The van der Waals surface area contributed by atoms with Gasteiger partial charge in [0.2, 0.25) is 6.79 Å². The Kier molecular flexibility index (Phi) is 5.30. The average molecular weight is 421 g/mol. The van der Waals surface area contributed by atoms with E-state index < -0.39 is 36.0 Å². The normalized spacial score (nSPS) is 14.0. The summed E-state index contributed by atoms with van der Waals surface area (Å²) >= 11 is 0. The van der Waals surface area contributed by atoms with Gasteiger partial charge in [-0.1, -0.05) is 6.07 Å². The van der Waals surface area contributed by atoms with Crippen molar-refractivity contribution in [1.82, 2.24) is 15.6 Å². The lowest BCUT2D eigenvalue weighted by Crippen LogP contribution is -2.75. The zero-order valence-electron chi connectivity index (χ0n) is 14.4. The van der Waals surface area contributed by atoms with Crippen LogP contribution in [0, 0.1) is 0 Å². The minimum Gasteiger partial charge on any atom is -0.454 e. The largest absolute Gasteiger partial charge is 0.454 e. The van der Waals surface area contributed by atoms with Crippen LogP contribution in [0.2, 0.25) is 0 Å². The van der Waals surface area contributed by atoms with Crippen molar-refractivity contribution in [2.45, 2.75) is 24.6 Å². The number of alkyl halides is 6. The zero-order valence-corrected chi connectivity index (χ0v) is 14.4. The van der Waals surface area contributed by atoms with Gasteiger partial charge in [-0.3, -0.25) is 15.1 Å². The number of amides is 1. The Morgan fingerprint density at radius 3 is 2.34 bits per heavy atom. The third kappa shape index (κ3) is 4.06. The van der Waals surface area contributed by atoms with Crippen LogP contribution in [0.15, 0.2) is 42.7 Å². The van der Waals surface area contributed by atoms with Crippen LogP contribution in [0.5, 0.6) is 11.5 Å². The molecule has 6 nitrogen and oxygen atoms in total. The molecule has 29 heavy (non-hydrogen) atoms. The van der Waals surface area contributed by atoms with Crippen LogP contribution >= 0.6 is 0 Å². The predicted octanol–water partition coefficient (Wildman–Crippen LogP) is 3.15. The number of rotatable bonds is 5. The molecule has 1 amide bonds. The topological polar surface area (TPSA) is 72.5 Å². The molecule has 3 rings (SSSR count). The number of nitrogens with one attached hydrogen (secondary N) is 2. The van der Waals surface area contributed by atoms with E-state index in [1.807, 2.05) is 0 Å². The van der Waals surface area contributed by atoms with Crippen molar-refractivity contribution in [2.24, 2.45) is 0 Å². The van der Waals surface area contributed by atoms with Crippen molar-refractivity contribution < 1.29 is 40.6 Å². The fraction of sp³-hybridized carbons (Fsp3) is 0.294. The number of hydrogen-bond donors (Lipinski definition) is 2. The first-order valence-electron chi connectivity index (χ1n) is 8.03. The van der Waals surface area contributed by atoms with Crippen molar-refractivity contribution in [2.75, 3.05) is 6.79 Å². The number of carbonyl (C=O) groups excluding carboxylic acids is 1. The standard InChI is InChI=1S/C17H13F6N3O3/c18-16(19,20)15(17(21,22)23,26-14(27)11-2-1-5-24-8-11)25-7-10-3-4-12-13(6-10)29-9-28-12/h1-6,8,25H,7,9H2,(H,26,27). The predicted molar refractivity (Wildman–Crippen MR) is 85.9 cm³/mol. The van der Waals surface area contributed by atoms with Gasteiger partial charge in [-0.15, -0.1) is 0 Å². The van der Waals surface area contributed by atoms with Gasteiger partial charge in [0.05, 0.1) is 5.56 Å². The molecular formula is C17H13F6N3O3. The Bertz CT molecular complexity index is 872. The molecule has 0 saturated carbocycles. The molecule has 0 saturated heterocycles. The number of hydrogen-bond acceptors (Lipinski definition) is 5. The number of nitrogens with zero attached hydrogens (tertiary/aromatic N) is 1. The second-order valence-corrected chi connectivity index (χ2v) is 5.98. The summed E-state index contributed by atoms with van der Waals surface area (Å²) in [5.41, 5.74) is -5.10. The summed E-state index contributed by atoms with van der Waals surface area (Å²) in [4.78, 5) is 15.6. The highest BCUT2D eigenvalue weighted by Gasteiger charge is 2.72. The molecule has 0 bridgehead atoms. The molecule has 1 aliphatic heterocycles. The van der Waals surface area contributed by atoms with Crippen LogP contribution in [-0.4, -0.2) is 35.7 Å². The molecule has 1 aromatic heterocycles. The Labute approximate surface area is 159 Å². The Hall–Kier alpha value is -3.02. The molecule has 2 heterocycles. The van der Waals surface area contributed by atoms with Crippen molar-refractivity contribution in [3.8, 4) is 11.5 Å². The summed E-state index contributed by atoms with van der Waals surface area (Å²) in [6, 6.07) is 6.13. The number of halogens is 6. The van der Waals surface area contributed by atoms with Crippen LogP contribution in [0.4, 0.5) is 26.3 Å². The lowest BCUT2D eigenvalue weighted by atomic mass is 10.1. The fourth-order valence-electron chi connectivity index (χ4n) is 2.57. The monoisotopic (exact) mass is 421 g/mol. The van der Waals surface area contributed by atoms with Crippen LogP contribution in [0.25, 0.3) is 0 Å². The Balaban J connectivity index is 1.91. The van der Waals surface area contributed by atoms with E-state index in [1.54, 1.807) is 0 Å². The van der Waals surface area contributed by atoms with Gasteiger partial charge in [0.15, 0.2) is 11.5 Å². The maximum absolute atomic E-state index is 13.6. The van der Waals surface area contributed by atoms with Crippen molar-refractivity contribution in [3.05, 3.63) is 53.9 Å². The molecule has 2 aromatic rings. The third-order valence-corrected chi connectivity index (χ3v) is 4.07. The molecule has 0 spiro atoms. The quantitative estimate of drug-likeness (QED) is 0.574. The lowest BCUT2D eigenvalue weighted by Gasteiger charge is -2.38. The third-order valence-electron chi connectivity index (χ3n) is 4.07. The SMILES string of the molecule is O=C(NC(NCc1ccc2c(c1)OCO2)(C(F)(F)F)C(F)(F)F)c1cccnc1. The highest BCUT2D eigenvalue weighted by Crippen LogP contribution is 2.42. The van der Waals surface area contributed by atoms with E-state index >= 15 is 0 Å². The highest BCUT2D eigenvalue weighted by atomic mass is 19.4. The van der Waals surface area contributed by atoms with Crippen LogP contribution in [-0.2, 0) is 6.54 Å². The van der Waals surface area contributed by atoms with Gasteiger partial charge >= 0.3 is 12.4 Å². The maximum Gasteiger partial charge on any atom is 0.434 e. The lowest BCUT2D eigenvalue weighted by molar-refractivity contribution is -0.314. The molecule has 2 N–H and O–H groups in total. The summed E-state index contributed by atoms with van der Waals surface area (Å²) in [6.45, 7) is -0.981. The molecular weight excluding hydrogens is 408 g/mol. The number of ether oxygens (including phenoxy) is 2. The first-order valence-corrected chi connectivity index (χ1v) is 8.03. The molecule has 0 unspecified atom stereocenters. The second kappa shape index (κ2) is 7.43. The molecule has 0 aliphatic carbocycles. The Morgan fingerprint density at radius 1 is 1.03 bits per heavy atom. The number of pyridine rings is 1. The second-order valence-electron chi connectivity index (χ2n) is 5.98. The van der Waals surface area contributed by atoms with E-state index in [0.29, 0.717) is 5.75 Å². The summed E-state index contributed by atoms with van der Waals surface area (Å²) in [7, 11) is 0. The van der Waals surface area contributed by atoms with Crippen molar-refractivity contribution >= 4 is 5.91 Å². The number of carbonyl (C=O) groups is 1. The number of benzene rings is 1. The maximum atomic E-state index is 13.6. The number of fused-ring (bicyclic) bond motifs is 1. The van der Waals surface area contributed by atoms with Crippen LogP contribution in [0.3, 0.4) is 0 Å². The molecule has 1 aliphatic rings. The van der Waals surface area contributed by atoms with E-state index in [0.717, 1.165) is 17.6 Å². The summed E-state index contributed by atoms with van der Waals surface area (Å²) in [5, 5.41) is 2.48. The molecule has 156 valence electrons. The van der Waals surface area contributed by atoms with Gasteiger partial charge in [-0.2, -0.15) is 26.3 Å². The molecule has 0 fully saturated rings. The van der Waals surface area contributed by atoms with E-state index in [-0.39, 0.29) is 18.1 Å². The van der Waals surface area contributed by atoms with Gasteiger partial charge in [0.25, 0.3) is 11.6 Å². The highest BCUT2D eigenvalue weighted by molar-refractivity contribution is 5.94. The van der Waals surface area contributed by atoms with Gasteiger partial charge in [0.1, 0.15) is 0 Å². The van der Waals surface area contributed by atoms with Crippen molar-refractivity contribution in [3.63, 3.8) is 0 Å². The minimum atomic E-state index is -5.90. The van der Waals surface area contributed by atoms with Gasteiger partial charge in [-0.05, 0) is 29.8 Å². The summed E-state index contributed by atoms with van der Waals surface area (Å²) in [5.74, 6) is -1.09. The Morgan fingerprint density at radius 2 is 1.72 bits per heavy atom. The van der Waals surface area contributed by atoms with Gasteiger partial charge < -0.3 is 14.8 Å². The van der Waals surface area contributed by atoms with Gasteiger partial charge in [-0.25, -0.2) is 0 Å². The zero-order chi connectivity index (χ0) is 21.3. The first kappa shape index (κ1) is 20.7.